The summed E-state index contributed by atoms with van der Waals surface area (Å²) in [5, 5.41) is 10.8. The molecule has 0 saturated heterocycles. The highest BCUT2D eigenvalue weighted by Crippen LogP contribution is 2.69. The summed E-state index contributed by atoms with van der Waals surface area (Å²) in [6, 6.07) is 2.35. The number of anilines is 1. The highest BCUT2D eigenvalue weighted by Gasteiger charge is 2.72. The Kier molecular flexibility index (Phi) is 3.08. The van der Waals surface area contributed by atoms with E-state index in [1.165, 1.54) is 17.8 Å². The third-order valence-electron chi connectivity index (χ3n) is 4.85. The number of nitrogen functional groups attached to an aromatic ring is 1. The molecule has 1 aromatic rings. The lowest BCUT2D eigenvalue weighted by atomic mass is 9.83. The molecule has 1 heterocycles. The molecule has 22 heavy (non-hydrogen) atoms. The Morgan fingerprint density at radius 2 is 2.00 bits per heavy atom. The molecule has 1 aliphatic heterocycles. The smallest absolute Gasteiger partial charge is 0.164 e. The van der Waals surface area contributed by atoms with Crippen LogP contribution < -0.4 is 11.5 Å². The highest BCUT2D eigenvalue weighted by atomic mass is 32.2. The summed E-state index contributed by atoms with van der Waals surface area (Å²) in [6.07, 6.45) is 0.623. The molecular formula is C15H19F2N3OS. The molecule has 0 spiro atoms. The Hall–Kier alpha value is -1.34. The van der Waals surface area contributed by atoms with E-state index in [0.717, 1.165) is 6.07 Å². The van der Waals surface area contributed by atoms with Gasteiger partial charge in [-0.3, -0.25) is 4.99 Å². The molecule has 3 atom stereocenters. The van der Waals surface area contributed by atoms with Crippen molar-refractivity contribution in [1.29, 1.82) is 0 Å². The van der Waals surface area contributed by atoms with Gasteiger partial charge < -0.3 is 16.6 Å². The molecule has 120 valence electrons. The molecule has 3 rings (SSSR count). The van der Waals surface area contributed by atoms with Crippen molar-refractivity contribution in [3.63, 3.8) is 0 Å². The van der Waals surface area contributed by atoms with E-state index in [-0.39, 0.29) is 22.3 Å². The molecule has 1 fully saturated rings. The van der Waals surface area contributed by atoms with Crippen LogP contribution in [0.4, 0.5) is 14.5 Å². The Morgan fingerprint density at radius 1 is 1.36 bits per heavy atom. The fourth-order valence-electron chi connectivity index (χ4n) is 3.55. The molecule has 0 amide bonds. The van der Waals surface area contributed by atoms with Gasteiger partial charge in [-0.05, 0) is 39.3 Å². The van der Waals surface area contributed by atoms with Crippen LogP contribution in [0.5, 0.6) is 0 Å². The summed E-state index contributed by atoms with van der Waals surface area (Å²) in [5.41, 5.74) is 9.76. The van der Waals surface area contributed by atoms with Crippen molar-refractivity contribution in [3.05, 3.63) is 29.3 Å². The number of nitrogens with zero attached hydrogens (tertiary/aromatic N) is 1. The number of hydrogen-bond donors (Lipinski definition) is 3. The molecule has 1 saturated carbocycles. The van der Waals surface area contributed by atoms with Crippen LogP contribution >= 0.6 is 11.8 Å². The van der Waals surface area contributed by atoms with E-state index in [9.17, 15) is 13.9 Å². The number of nitrogens with two attached hydrogens (primary N) is 2. The first-order valence-corrected chi connectivity index (χ1v) is 7.84. The second-order valence-corrected chi connectivity index (χ2v) is 8.12. The Balaban J connectivity index is 2.17. The van der Waals surface area contributed by atoms with Crippen molar-refractivity contribution in [3.8, 4) is 0 Å². The fourth-order valence-corrected chi connectivity index (χ4v) is 5.03. The van der Waals surface area contributed by atoms with Crippen molar-refractivity contribution in [2.45, 2.75) is 43.1 Å². The summed E-state index contributed by atoms with van der Waals surface area (Å²) >= 11 is 1.31. The predicted molar refractivity (Wildman–Crippen MR) is 84.5 cm³/mol. The normalized spacial score (nSPS) is 34.1. The third kappa shape index (κ3) is 1.95. The average Bonchev–Trinajstić information content (AvgIpc) is 3.09. The van der Waals surface area contributed by atoms with Gasteiger partial charge in [-0.2, -0.15) is 0 Å². The van der Waals surface area contributed by atoms with Gasteiger partial charge in [0.2, 0.25) is 0 Å². The summed E-state index contributed by atoms with van der Waals surface area (Å²) in [7, 11) is 0. The number of aliphatic imine (C=N–C) groups is 1. The van der Waals surface area contributed by atoms with E-state index in [2.05, 4.69) is 4.99 Å². The monoisotopic (exact) mass is 327 g/mol. The van der Waals surface area contributed by atoms with E-state index < -0.39 is 27.5 Å². The average molecular weight is 327 g/mol. The summed E-state index contributed by atoms with van der Waals surface area (Å²) in [5.74, 6) is -2.11. The minimum Gasteiger partial charge on any atom is -0.399 e. The number of halogens is 2. The lowest BCUT2D eigenvalue weighted by Crippen LogP contribution is -2.46. The SMILES string of the molecule is CC(C)(O)[C@]12CC1[C@@](C)(c1cc(N)cc(F)c1F)N=C(N)S2. The van der Waals surface area contributed by atoms with Gasteiger partial charge in [0, 0.05) is 17.2 Å². The molecule has 0 aromatic heterocycles. The van der Waals surface area contributed by atoms with Gasteiger partial charge in [0.25, 0.3) is 0 Å². The van der Waals surface area contributed by atoms with E-state index in [1.54, 1.807) is 20.8 Å². The zero-order chi connectivity index (χ0) is 16.5. The van der Waals surface area contributed by atoms with E-state index in [1.807, 2.05) is 0 Å². The van der Waals surface area contributed by atoms with Crippen LogP contribution in [0.25, 0.3) is 0 Å². The molecule has 7 heteroatoms. The molecule has 1 aromatic carbocycles. The van der Waals surface area contributed by atoms with Gasteiger partial charge in [0.15, 0.2) is 16.8 Å². The lowest BCUT2D eigenvalue weighted by molar-refractivity contribution is 0.0600. The fraction of sp³-hybridized carbons (Fsp3) is 0.533. The van der Waals surface area contributed by atoms with Gasteiger partial charge in [0.05, 0.1) is 15.9 Å². The molecule has 1 aliphatic carbocycles. The van der Waals surface area contributed by atoms with E-state index in [4.69, 9.17) is 11.5 Å². The molecule has 5 N–H and O–H groups in total. The van der Waals surface area contributed by atoms with Crippen molar-refractivity contribution in [2.75, 3.05) is 5.73 Å². The van der Waals surface area contributed by atoms with Gasteiger partial charge in [-0.15, -0.1) is 0 Å². The number of rotatable bonds is 2. The third-order valence-corrected chi connectivity index (χ3v) is 6.46. The lowest BCUT2D eigenvalue weighted by Gasteiger charge is -2.39. The summed E-state index contributed by atoms with van der Waals surface area (Å²) in [6.45, 7) is 5.12. The summed E-state index contributed by atoms with van der Waals surface area (Å²) < 4.78 is 27.5. The Bertz CT molecular complexity index is 688. The standard InChI is InChI=1S/C15H19F2N3OS/c1-13(2,21)15-6-10(15)14(3,20-12(19)22-15)8-4-7(18)5-9(16)11(8)17/h4-5,10,21H,6,18H2,1-3H3,(H2,19,20)/t10?,14-,15+/m1/s1. The number of fused-ring (bicyclic) bond motifs is 1. The maximum Gasteiger partial charge on any atom is 0.164 e. The van der Waals surface area contributed by atoms with Gasteiger partial charge in [-0.25, -0.2) is 8.78 Å². The zero-order valence-electron chi connectivity index (χ0n) is 12.7. The first-order chi connectivity index (χ1) is 10.0. The van der Waals surface area contributed by atoms with Crippen molar-refractivity contribution in [1.82, 2.24) is 0 Å². The van der Waals surface area contributed by atoms with Crippen molar-refractivity contribution in [2.24, 2.45) is 16.6 Å². The Labute approximate surface area is 132 Å². The number of amidine groups is 1. The van der Waals surface area contributed by atoms with Crippen LogP contribution in [-0.4, -0.2) is 20.6 Å². The number of hydrogen-bond acceptors (Lipinski definition) is 5. The van der Waals surface area contributed by atoms with Crippen LogP contribution in [0.1, 0.15) is 32.8 Å². The molecule has 0 radical (unpaired) electrons. The molecule has 0 bridgehead atoms. The number of thioether (sulfide) groups is 1. The van der Waals surface area contributed by atoms with E-state index in [0.29, 0.717) is 6.42 Å². The van der Waals surface area contributed by atoms with Gasteiger partial charge in [-0.1, -0.05) is 11.8 Å². The van der Waals surface area contributed by atoms with Crippen molar-refractivity contribution < 1.29 is 13.9 Å². The maximum absolute atomic E-state index is 14.3. The first kappa shape index (κ1) is 15.6. The van der Waals surface area contributed by atoms with Crippen LogP contribution in [-0.2, 0) is 5.54 Å². The van der Waals surface area contributed by atoms with Crippen molar-refractivity contribution >= 4 is 22.6 Å². The Morgan fingerprint density at radius 3 is 2.59 bits per heavy atom. The number of aliphatic hydroxyl groups is 1. The zero-order valence-corrected chi connectivity index (χ0v) is 13.5. The van der Waals surface area contributed by atoms with Crippen LogP contribution in [0, 0.1) is 17.6 Å². The van der Waals surface area contributed by atoms with Gasteiger partial charge in [0.1, 0.15) is 0 Å². The van der Waals surface area contributed by atoms with Gasteiger partial charge >= 0.3 is 0 Å². The van der Waals surface area contributed by atoms with E-state index >= 15 is 0 Å². The largest absolute Gasteiger partial charge is 0.399 e. The minimum absolute atomic E-state index is 0.0874. The first-order valence-electron chi connectivity index (χ1n) is 7.03. The molecule has 1 unspecified atom stereocenters. The molecule has 2 aliphatic rings. The topological polar surface area (TPSA) is 84.6 Å². The second kappa shape index (κ2) is 4.35. The number of benzene rings is 1. The second-order valence-electron chi connectivity index (χ2n) is 6.77. The maximum atomic E-state index is 14.3. The predicted octanol–water partition coefficient (Wildman–Crippen LogP) is 2.35. The summed E-state index contributed by atoms with van der Waals surface area (Å²) in [4.78, 5) is 4.39. The van der Waals surface area contributed by atoms with Crippen LogP contribution in [0.15, 0.2) is 17.1 Å². The minimum atomic E-state index is -1.05. The molecule has 4 nitrogen and oxygen atoms in total. The van der Waals surface area contributed by atoms with Crippen LogP contribution in [0.2, 0.25) is 0 Å². The molecular weight excluding hydrogens is 308 g/mol. The highest BCUT2D eigenvalue weighted by molar-refractivity contribution is 8.15. The quantitative estimate of drug-likeness (QED) is 0.728. The van der Waals surface area contributed by atoms with Crippen LogP contribution in [0.3, 0.4) is 0 Å².